The van der Waals surface area contributed by atoms with Crippen LogP contribution in [0.3, 0.4) is 0 Å². The Morgan fingerprint density at radius 3 is 2.41 bits per heavy atom. The van der Waals surface area contributed by atoms with Crippen LogP contribution in [0.1, 0.15) is 0 Å². The zero-order chi connectivity index (χ0) is 19.4. The van der Waals surface area contributed by atoms with Crippen molar-refractivity contribution in [3.05, 3.63) is 91.1 Å². The molecule has 0 aliphatic carbocycles. The summed E-state index contributed by atoms with van der Waals surface area (Å²) < 4.78 is 2.35. The maximum absolute atomic E-state index is 4.65. The zero-order valence-electron chi connectivity index (χ0n) is 16.2. The lowest BCUT2D eigenvalue weighted by Gasteiger charge is -2.19. The molecule has 0 saturated heterocycles. The maximum Gasteiger partial charge on any atom is 0.158 e. The number of hydrogen-bond donors (Lipinski definition) is 0. The van der Waals surface area contributed by atoms with E-state index in [1.807, 2.05) is 12.3 Å². The van der Waals surface area contributed by atoms with E-state index >= 15 is 0 Å². The van der Waals surface area contributed by atoms with Gasteiger partial charge in [-0.3, -0.25) is 0 Å². The van der Waals surface area contributed by atoms with Crippen molar-refractivity contribution in [3.63, 3.8) is 0 Å². The molecule has 4 heteroatoms. The number of anilines is 3. The first-order chi connectivity index (χ1) is 14.3. The van der Waals surface area contributed by atoms with E-state index in [9.17, 15) is 0 Å². The standard InChI is InChI=1S/C25H20N4/c1-27-17-28(25-23(27)12-7-15-26-25)19-13-14-21-20-10-5-6-11-22(20)29(24(21)16-19)18-8-3-2-4-9-18/h2-16H,17H2,1H3. The third-order valence-corrected chi connectivity index (χ3v) is 5.77. The number of pyridine rings is 1. The van der Waals surface area contributed by atoms with Crippen LogP contribution in [0, 0.1) is 0 Å². The van der Waals surface area contributed by atoms with Crippen molar-refractivity contribution in [1.29, 1.82) is 0 Å². The molecule has 2 aromatic heterocycles. The Labute approximate surface area is 169 Å². The van der Waals surface area contributed by atoms with Gasteiger partial charge < -0.3 is 14.4 Å². The third-order valence-electron chi connectivity index (χ3n) is 5.77. The van der Waals surface area contributed by atoms with Crippen LogP contribution in [0.5, 0.6) is 0 Å². The van der Waals surface area contributed by atoms with Crippen LogP contribution in [0.15, 0.2) is 91.1 Å². The molecule has 6 rings (SSSR count). The highest BCUT2D eigenvalue weighted by atomic mass is 15.4. The van der Waals surface area contributed by atoms with Gasteiger partial charge in [0.2, 0.25) is 0 Å². The highest BCUT2D eigenvalue weighted by Gasteiger charge is 2.26. The van der Waals surface area contributed by atoms with Crippen LogP contribution in [-0.4, -0.2) is 23.3 Å². The molecule has 0 unspecified atom stereocenters. The van der Waals surface area contributed by atoms with Gasteiger partial charge >= 0.3 is 0 Å². The Hall–Kier alpha value is -3.79. The average Bonchev–Trinajstić information content (AvgIpc) is 3.29. The summed E-state index contributed by atoms with van der Waals surface area (Å²) in [6.45, 7) is 0.795. The lowest BCUT2D eigenvalue weighted by atomic mass is 10.1. The number of benzene rings is 3. The van der Waals surface area contributed by atoms with E-state index < -0.39 is 0 Å². The number of aromatic nitrogens is 2. The van der Waals surface area contributed by atoms with Gasteiger partial charge in [-0.2, -0.15) is 0 Å². The fourth-order valence-corrected chi connectivity index (χ4v) is 4.44. The smallest absolute Gasteiger partial charge is 0.158 e. The second kappa shape index (κ2) is 6.11. The lowest BCUT2D eigenvalue weighted by Crippen LogP contribution is -2.24. The molecule has 1 aliphatic heterocycles. The number of fused-ring (bicyclic) bond motifs is 4. The quantitative estimate of drug-likeness (QED) is 0.394. The van der Waals surface area contributed by atoms with Crippen LogP contribution >= 0.6 is 0 Å². The minimum Gasteiger partial charge on any atom is -0.354 e. The molecule has 29 heavy (non-hydrogen) atoms. The van der Waals surface area contributed by atoms with Crippen LogP contribution in [-0.2, 0) is 0 Å². The molecule has 5 aromatic rings. The molecule has 0 N–H and O–H groups in total. The van der Waals surface area contributed by atoms with Crippen LogP contribution in [0.25, 0.3) is 27.5 Å². The summed E-state index contributed by atoms with van der Waals surface area (Å²) in [5, 5.41) is 2.54. The van der Waals surface area contributed by atoms with Crippen molar-refractivity contribution in [1.82, 2.24) is 9.55 Å². The summed E-state index contributed by atoms with van der Waals surface area (Å²) in [5.74, 6) is 1.01. The topological polar surface area (TPSA) is 24.3 Å². The minimum atomic E-state index is 0.795. The van der Waals surface area contributed by atoms with E-state index in [4.69, 9.17) is 0 Å². The van der Waals surface area contributed by atoms with E-state index in [0.717, 1.165) is 23.9 Å². The first-order valence-electron chi connectivity index (χ1n) is 9.83. The predicted molar refractivity (Wildman–Crippen MR) is 120 cm³/mol. The lowest BCUT2D eigenvalue weighted by molar-refractivity contribution is 0.944. The van der Waals surface area contributed by atoms with E-state index in [1.165, 1.54) is 27.5 Å². The molecule has 0 bridgehead atoms. The summed E-state index contributed by atoms with van der Waals surface area (Å²) in [6, 6.07) is 30.1. The molecule has 1 aliphatic rings. The van der Waals surface area contributed by atoms with E-state index in [0.29, 0.717) is 0 Å². The van der Waals surface area contributed by atoms with Gasteiger partial charge in [-0.15, -0.1) is 0 Å². The average molecular weight is 376 g/mol. The van der Waals surface area contributed by atoms with E-state index in [2.05, 4.69) is 105 Å². The van der Waals surface area contributed by atoms with Gasteiger partial charge in [0.05, 0.1) is 23.4 Å². The second-order valence-corrected chi connectivity index (χ2v) is 7.50. The molecule has 0 radical (unpaired) electrons. The molecule has 0 saturated carbocycles. The summed E-state index contributed by atoms with van der Waals surface area (Å²) in [4.78, 5) is 9.16. The van der Waals surface area contributed by atoms with Crippen molar-refractivity contribution < 1.29 is 0 Å². The van der Waals surface area contributed by atoms with Gasteiger partial charge in [-0.25, -0.2) is 4.98 Å². The molecule has 3 heterocycles. The van der Waals surface area contributed by atoms with Crippen molar-refractivity contribution in [2.45, 2.75) is 0 Å². The minimum absolute atomic E-state index is 0.795. The number of rotatable bonds is 2. The fraction of sp³-hybridized carbons (Fsp3) is 0.0800. The van der Waals surface area contributed by atoms with Gasteiger partial charge in [-0.1, -0.05) is 42.5 Å². The van der Waals surface area contributed by atoms with E-state index in [-0.39, 0.29) is 0 Å². The first kappa shape index (κ1) is 16.2. The Morgan fingerprint density at radius 2 is 1.52 bits per heavy atom. The summed E-state index contributed by atoms with van der Waals surface area (Å²) >= 11 is 0. The number of para-hydroxylation sites is 2. The van der Waals surface area contributed by atoms with Crippen LogP contribution in [0.2, 0.25) is 0 Å². The predicted octanol–water partition coefficient (Wildman–Crippen LogP) is 5.72. The van der Waals surface area contributed by atoms with Gasteiger partial charge in [0, 0.05) is 35.4 Å². The summed E-state index contributed by atoms with van der Waals surface area (Å²) in [7, 11) is 2.11. The van der Waals surface area contributed by atoms with Gasteiger partial charge in [-0.05, 0) is 42.5 Å². The molecular weight excluding hydrogens is 356 g/mol. The Kier molecular flexibility index (Phi) is 3.41. The first-order valence-corrected chi connectivity index (χ1v) is 9.83. The molecule has 3 aromatic carbocycles. The number of nitrogens with zero attached hydrogens (tertiary/aromatic N) is 4. The van der Waals surface area contributed by atoms with Crippen molar-refractivity contribution in [3.8, 4) is 5.69 Å². The molecule has 0 amide bonds. The molecule has 0 atom stereocenters. The SMILES string of the molecule is CN1CN(c2ccc3c4ccccc4n(-c4ccccc4)c3c2)c2ncccc21. The van der Waals surface area contributed by atoms with Gasteiger partial charge in [0.25, 0.3) is 0 Å². The monoisotopic (exact) mass is 376 g/mol. The van der Waals surface area contributed by atoms with Crippen LogP contribution < -0.4 is 9.80 Å². The van der Waals surface area contributed by atoms with Crippen LogP contribution in [0.4, 0.5) is 17.2 Å². The third kappa shape index (κ3) is 2.36. The highest BCUT2D eigenvalue weighted by molar-refractivity contribution is 6.10. The van der Waals surface area contributed by atoms with Crippen molar-refractivity contribution in [2.75, 3.05) is 23.5 Å². The zero-order valence-corrected chi connectivity index (χ0v) is 16.2. The maximum atomic E-state index is 4.65. The number of hydrogen-bond acceptors (Lipinski definition) is 3. The molecule has 140 valence electrons. The van der Waals surface area contributed by atoms with Crippen molar-refractivity contribution in [2.24, 2.45) is 0 Å². The molecule has 4 nitrogen and oxygen atoms in total. The Balaban J connectivity index is 1.62. The second-order valence-electron chi connectivity index (χ2n) is 7.50. The largest absolute Gasteiger partial charge is 0.354 e. The summed E-state index contributed by atoms with van der Waals surface area (Å²) in [6.07, 6.45) is 1.87. The van der Waals surface area contributed by atoms with Gasteiger partial charge in [0.1, 0.15) is 0 Å². The summed E-state index contributed by atoms with van der Waals surface area (Å²) in [5.41, 5.74) is 5.93. The van der Waals surface area contributed by atoms with Crippen molar-refractivity contribution >= 4 is 39.0 Å². The molecule has 0 spiro atoms. The van der Waals surface area contributed by atoms with E-state index in [1.54, 1.807) is 0 Å². The van der Waals surface area contributed by atoms with Gasteiger partial charge in [0.15, 0.2) is 5.82 Å². The fourth-order valence-electron chi connectivity index (χ4n) is 4.44. The Bertz CT molecular complexity index is 1350. The molecule has 0 fully saturated rings. The Morgan fingerprint density at radius 1 is 0.724 bits per heavy atom. The highest BCUT2D eigenvalue weighted by Crippen LogP contribution is 2.40. The normalized spacial score (nSPS) is 13.4. The molecular formula is C25H20N4.